The molecule has 2 heterocycles. The second kappa shape index (κ2) is 7.83. The van der Waals surface area contributed by atoms with Crippen LogP contribution < -0.4 is 4.74 Å². The van der Waals surface area contributed by atoms with Gasteiger partial charge in [-0.05, 0) is 24.3 Å². The molecule has 9 heteroatoms. The first-order valence-corrected chi connectivity index (χ1v) is 8.07. The number of hydrogen-bond donors (Lipinski definition) is 2. The molecular weight excluding hydrogens is 344 g/mol. The number of rotatable bonds is 6. The minimum Gasteiger partial charge on any atom is -0.453 e. The molecule has 0 amide bonds. The van der Waals surface area contributed by atoms with E-state index in [9.17, 15) is 0 Å². The van der Waals surface area contributed by atoms with Crippen LogP contribution in [-0.2, 0) is 0 Å². The highest BCUT2D eigenvalue weighted by molar-refractivity contribution is 5.57. The summed E-state index contributed by atoms with van der Waals surface area (Å²) in [6, 6.07) is 18.1. The van der Waals surface area contributed by atoms with Crippen molar-refractivity contribution >= 4 is 23.0 Å². The summed E-state index contributed by atoms with van der Waals surface area (Å²) >= 11 is 0. The molecule has 2 N–H and O–H groups in total. The predicted molar refractivity (Wildman–Crippen MR) is 98.5 cm³/mol. The molecule has 132 valence electrons. The predicted octanol–water partition coefficient (Wildman–Crippen LogP) is 5.76. The Bertz CT molecular complexity index is 969. The first-order valence-electron chi connectivity index (χ1n) is 8.07. The van der Waals surface area contributed by atoms with Crippen LogP contribution in [0.4, 0.5) is 23.0 Å². The summed E-state index contributed by atoms with van der Waals surface area (Å²) in [7, 11) is 0. The average Bonchev–Trinajstić information content (AvgIpc) is 3.41. The lowest BCUT2D eigenvalue weighted by Gasteiger charge is -2.09. The summed E-state index contributed by atoms with van der Waals surface area (Å²) in [5, 5.41) is 29.8. The Balaban J connectivity index is 1.60. The number of azo groups is 2. The topological polar surface area (TPSA) is 116 Å². The number of hydrogen-bond acceptors (Lipinski definition) is 7. The molecule has 0 aliphatic rings. The zero-order valence-electron chi connectivity index (χ0n) is 14.0. The largest absolute Gasteiger partial charge is 0.453 e. The summed E-state index contributed by atoms with van der Waals surface area (Å²) in [5.41, 5.74) is 1.14. The smallest absolute Gasteiger partial charge is 0.195 e. The first-order chi connectivity index (χ1) is 13.4. The lowest BCUT2D eigenvalue weighted by Crippen LogP contribution is -1.85. The van der Waals surface area contributed by atoms with E-state index in [1.807, 2.05) is 24.3 Å². The molecule has 0 spiro atoms. The minimum absolute atomic E-state index is 0.484. The lowest BCUT2D eigenvalue weighted by atomic mass is 10.3. The third-order valence-corrected chi connectivity index (χ3v) is 3.44. The monoisotopic (exact) mass is 358 g/mol. The van der Waals surface area contributed by atoms with Crippen molar-refractivity contribution in [3.05, 3.63) is 73.1 Å². The zero-order chi connectivity index (χ0) is 18.3. The van der Waals surface area contributed by atoms with E-state index in [2.05, 4.69) is 40.9 Å². The molecule has 0 aliphatic carbocycles. The van der Waals surface area contributed by atoms with Gasteiger partial charge < -0.3 is 4.74 Å². The molecule has 0 unspecified atom stereocenters. The van der Waals surface area contributed by atoms with Gasteiger partial charge in [-0.25, -0.2) is 0 Å². The molecule has 2 aromatic carbocycles. The number of nitrogens with zero attached hydrogens (tertiary/aromatic N) is 6. The highest BCUT2D eigenvalue weighted by Crippen LogP contribution is 2.37. The zero-order valence-corrected chi connectivity index (χ0v) is 14.0. The number of para-hydroxylation sites is 2. The van der Waals surface area contributed by atoms with Gasteiger partial charge in [-0.2, -0.15) is 10.2 Å². The van der Waals surface area contributed by atoms with Crippen LogP contribution in [0.5, 0.6) is 11.5 Å². The van der Waals surface area contributed by atoms with Crippen molar-refractivity contribution in [3.8, 4) is 11.5 Å². The van der Waals surface area contributed by atoms with E-state index in [0.717, 1.165) is 0 Å². The Morgan fingerprint density at radius 2 is 1.07 bits per heavy atom. The van der Waals surface area contributed by atoms with Gasteiger partial charge in [0.2, 0.25) is 0 Å². The quantitative estimate of drug-likeness (QED) is 0.427. The molecule has 0 radical (unpaired) electrons. The van der Waals surface area contributed by atoms with Gasteiger partial charge in [0.15, 0.2) is 23.1 Å². The van der Waals surface area contributed by atoms with Crippen molar-refractivity contribution < 1.29 is 4.74 Å². The highest BCUT2D eigenvalue weighted by Gasteiger charge is 2.08. The second-order valence-electron chi connectivity index (χ2n) is 5.30. The fraction of sp³-hybridized carbons (Fsp3) is 0. The Hall–Kier alpha value is -4.14. The summed E-state index contributed by atoms with van der Waals surface area (Å²) in [6.07, 6.45) is 3.36. The van der Waals surface area contributed by atoms with E-state index in [1.54, 1.807) is 48.8 Å². The standard InChI is InChI=1S/C18H14N8O/c1-3-7-15(13(5-1)21-25-17-9-11-19-23-17)27-16-8-4-2-6-14(16)22-26-18-10-12-20-24-18/h1-12H,(H,19,23)(H,20,24). The Labute approximate surface area is 153 Å². The number of ether oxygens (including phenoxy) is 1. The first kappa shape index (κ1) is 16.3. The van der Waals surface area contributed by atoms with Crippen molar-refractivity contribution in [1.82, 2.24) is 20.4 Å². The van der Waals surface area contributed by atoms with E-state index < -0.39 is 0 Å². The van der Waals surface area contributed by atoms with Crippen molar-refractivity contribution in [1.29, 1.82) is 0 Å². The van der Waals surface area contributed by atoms with E-state index in [4.69, 9.17) is 4.74 Å². The number of H-pyrrole nitrogens is 2. The molecule has 4 rings (SSSR count). The van der Waals surface area contributed by atoms with Crippen molar-refractivity contribution in [2.45, 2.75) is 0 Å². The highest BCUT2D eigenvalue weighted by atomic mass is 16.5. The van der Waals surface area contributed by atoms with E-state index in [1.165, 1.54) is 0 Å². The van der Waals surface area contributed by atoms with Gasteiger partial charge in [0.25, 0.3) is 0 Å². The molecule has 0 saturated carbocycles. The summed E-state index contributed by atoms with van der Waals surface area (Å²) in [4.78, 5) is 0. The number of nitrogens with one attached hydrogen (secondary N) is 2. The average molecular weight is 358 g/mol. The molecule has 2 aromatic heterocycles. The molecule has 9 nitrogen and oxygen atoms in total. The van der Waals surface area contributed by atoms with Crippen LogP contribution in [0.2, 0.25) is 0 Å². The molecular formula is C18H14N8O. The summed E-state index contributed by atoms with van der Waals surface area (Å²) in [6.45, 7) is 0. The number of aromatic amines is 2. The van der Waals surface area contributed by atoms with Crippen LogP contribution in [0, 0.1) is 0 Å². The summed E-state index contributed by atoms with van der Waals surface area (Å²) in [5.74, 6) is 2.05. The minimum atomic E-state index is 0.484. The Kier molecular flexibility index (Phi) is 4.74. The lowest BCUT2D eigenvalue weighted by molar-refractivity contribution is 0.484. The van der Waals surface area contributed by atoms with E-state index in [-0.39, 0.29) is 0 Å². The van der Waals surface area contributed by atoms with E-state index in [0.29, 0.717) is 34.5 Å². The summed E-state index contributed by atoms with van der Waals surface area (Å²) < 4.78 is 6.02. The van der Waals surface area contributed by atoms with Gasteiger partial charge in [0.05, 0.1) is 0 Å². The second-order valence-corrected chi connectivity index (χ2v) is 5.30. The maximum atomic E-state index is 6.02. The normalized spacial score (nSPS) is 11.4. The molecule has 27 heavy (non-hydrogen) atoms. The maximum absolute atomic E-state index is 6.02. The molecule has 0 aliphatic heterocycles. The van der Waals surface area contributed by atoms with Crippen molar-refractivity contribution in [2.24, 2.45) is 20.5 Å². The Morgan fingerprint density at radius 1 is 0.593 bits per heavy atom. The van der Waals surface area contributed by atoms with Gasteiger partial charge in [-0.1, -0.05) is 24.3 Å². The number of aromatic nitrogens is 4. The van der Waals surface area contributed by atoms with Crippen molar-refractivity contribution in [2.75, 3.05) is 0 Å². The van der Waals surface area contributed by atoms with Crippen LogP contribution >= 0.6 is 0 Å². The molecule has 0 atom stereocenters. The van der Waals surface area contributed by atoms with Crippen LogP contribution in [0.25, 0.3) is 0 Å². The van der Waals surface area contributed by atoms with Gasteiger partial charge in [-0.3, -0.25) is 10.2 Å². The van der Waals surface area contributed by atoms with Crippen LogP contribution in [0.3, 0.4) is 0 Å². The van der Waals surface area contributed by atoms with Crippen LogP contribution in [0.15, 0.2) is 93.5 Å². The maximum Gasteiger partial charge on any atom is 0.195 e. The SMILES string of the molecule is c1ccc(Oc2ccccc2N=Nc2cc[nH]n2)c(N=Nc2cc[nH]n2)c1. The van der Waals surface area contributed by atoms with Gasteiger partial charge in [0.1, 0.15) is 11.4 Å². The third kappa shape index (κ3) is 4.10. The molecule has 4 aromatic rings. The van der Waals surface area contributed by atoms with Gasteiger partial charge >= 0.3 is 0 Å². The molecule has 0 saturated heterocycles. The fourth-order valence-electron chi connectivity index (χ4n) is 2.20. The number of benzene rings is 2. The fourth-order valence-corrected chi connectivity index (χ4v) is 2.20. The van der Waals surface area contributed by atoms with Gasteiger partial charge in [-0.15, -0.1) is 20.5 Å². The molecule has 0 fully saturated rings. The van der Waals surface area contributed by atoms with E-state index >= 15 is 0 Å². The third-order valence-electron chi connectivity index (χ3n) is 3.44. The Morgan fingerprint density at radius 3 is 1.52 bits per heavy atom. The molecule has 0 bridgehead atoms. The van der Waals surface area contributed by atoms with Crippen molar-refractivity contribution in [3.63, 3.8) is 0 Å². The van der Waals surface area contributed by atoms with Crippen LogP contribution in [0.1, 0.15) is 0 Å². The van der Waals surface area contributed by atoms with Crippen LogP contribution in [-0.4, -0.2) is 20.4 Å². The van der Waals surface area contributed by atoms with Gasteiger partial charge in [0, 0.05) is 24.5 Å².